The second kappa shape index (κ2) is 7.40. The van der Waals surface area contributed by atoms with Crippen LogP contribution in [0.3, 0.4) is 0 Å². The maximum absolute atomic E-state index is 11.9. The Morgan fingerprint density at radius 3 is 2.95 bits per heavy atom. The number of thiazole rings is 1. The molecule has 0 fully saturated rings. The SMILES string of the molecule is CCNC(=O)CCNc1nc2c(s1)CCC2C(=O)OCC. The summed E-state index contributed by atoms with van der Waals surface area (Å²) in [7, 11) is 0. The fourth-order valence-corrected chi connectivity index (χ4v) is 3.41. The number of amides is 1. The highest BCUT2D eigenvalue weighted by molar-refractivity contribution is 7.15. The van der Waals surface area contributed by atoms with E-state index >= 15 is 0 Å². The summed E-state index contributed by atoms with van der Waals surface area (Å²) in [6.07, 6.45) is 2.07. The third-order valence-electron chi connectivity index (χ3n) is 3.29. The lowest BCUT2D eigenvalue weighted by Gasteiger charge is -2.08. The summed E-state index contributed by atoms with van der Waals surface area (Å²) in [4.78, 5) is 28.9. The van der Waals surface area contributed by atoms with Crippen molar-refractivity contribution in [3.8, 4) is 0 Å². The first-order chi connectivity index (χ1) is 10.2. The highest BCUT2D eigenvalue weighted by atomic mass is 32.1. The van der Waals surface area contributed by atoms with E-state index in [4.69, 9.17) is 4.74 Å². The van der Waals surface area contributed by atoms with Crippen LogP contribution >= 0.6 is 11.3 Å². The molecule has 0 spiro atoms. The number of nitrogens with one attached hydrogen (secondary N) is 2. The second-order valence-electron chi connectivity index (χ2n) is 4.80. The van der Waals surface area contributed by atoms with Crippen LogP contribution < -0.4 is 10.6 Å². The van der Waals surface area contributed by atoms with Crippen LogP contribution in [0.5, 0.6) is 0 Å². The van der Waals surface area contributed by atoms with E-state index in [0.717, 1.165) is 28.5 Å². The number of ether oxygens (including phenoxy) is 1. The number of hydrogen-bond donors (Lipinski definition) is 2. The third kappa shape index (κ3) is 3.93. The van der Waals surface area contributed by atoms with Gasteiger partial charge in [-0.3, -0.25) is 9.59 Å². The number of fused-ring (bicyclic) bond motifs is 1. The molecule has 2 N–H and O–H groups in total. The molecular weight excluding hydrogens is 290 g/mol. The van der Waals surface area contributed by atoms with Crippen LogP contribution in [0.4, 0.5) is 5.13 Å². The summed E-state index contributed by atoms with van der Waals surface area (Å²) in [5.74, 6) is -0.385. The molecule has 0 aliphatic heterocycles. The molecular formula is C14H21N3O3S. The molecule has 1 aliphatic carbocycles. The van der Waals surface area contributed by atoms with Crippen molar-refractivity contribution in [3.05, 3.63) is 10.6 Å². The highest BCUT2D eigenvalue weighted by Gasteiger charge is 2.33. The van der Waals surface area contributed by atoms with Gasteiger partial charge in [-0.15, -0.1) is 11.3 Å². The molecule has 1 aromatic rings. The topological polar surface area (TPSA) is 80.3 Å². The van der Waals surface area contributed by atoms with Gasteiger partial charge in [0.05, 0.1) is 12.3 Å². The Kier molecular flexibility index (Phi) is 5.55. The number of nitrogens with zero attached hydrogens (tertiary/aromatic N) is 1. The van der Waals surface area contributed by atoms with Crippen molar-refractivity contribution in [2.45, 2.75) is 39.0 Å². The molecule has 6 nitrogen and oxygen atoms in total. The molecule has 2 rings (SSSR count). The summed E-state index contributed by atoms with van der Waals surface area (Å²) in [6, 6.07) is 0. The van der Waals surface area contributed by atoms with E-state index in [1.54, 1.807) is 11.3 Å². The zero-order chi connectivity index (χ0) is 15.2. The van der Waals surface area contributed by atoms with Crippen molar-refractivity contribution < 1.29 is 14.3 Å². The van der Waals surface area contributed by atoms with Gasteiger partial charge in [-0.05, 0) is 26.7 Å². The van der Waals surface area contributed by atoms with E-state index < -0.39 is 0 Å². The highest BCUT2D eigenvalue weighted by Crippen LogP contribution is 2.38. The van der Waals surface area contributed by atoms with Gasteiger partial charge in [0, 0.05) is 24.4 Å². The lowest BCUT2D eigenvalue weighted by Crippen LogP contribution is -2.24. The number of hydrogen-bond acceptors (Lipinski definition) is 6. The smallest absolute Gasteiger partial charge is 0.315 e. The molecule has 0 saturated heterocycles. The van der Waals surface area contributed by atoms with Crippen molar-refractivity contribution in [2.24, 2.45) is 0 Å². The Balaban J connectivity index is 1.89. The van der Waals surface area contributed by atoms with Gasteiger partial charge in [0.2, 0.25) is 5.91 Å². The minimum atomic E-state index is -0.227. The summed E-state index contributed by atoms with van der Waals surface area (Å²) < 4.78 is 5.08. The second-order valence-corrected chi connectivity index (χ2v) is 5.88. The van der Waals surface area contributed by atoms with Crippen molar-refractivity contribution in [1.29, 1.82) is 0 Å². The first-order valence-electron chi connectivity index (χ1n) is 7.32. The number of carbonyl (C=O) groups excluding carboxylic acids is 2. The van der Waals surface area contributed by atoms with Crippen LogP contribution in [-0.4, -0.2) is 36.6 Å². The van der Waals surface area contributed by atoms with Crippen LogP contribution in [0.15, 0.2) is 0 Å². The van der Waals surface area contributed by atoms with E-state index in [-0.39, 0.29) is 17.8 Å². The molecule has 1 heterocycles. The van der Waals surface area contributed by atoms with Gasteiger partial charge >= 0.3 is 5.97 Å². The van der Waals surface area contributed by atoms with E-state index in [2.05, 4.69) is 15.6 Å². The van der Waals surface area contributed by atoms with Crippen LogP contribution in [0.2, 0.25) is 0 Å². The van der Waals surface area contributed by atoms with Crippen molar-refractivity contribution >= 4 is 28.3 Å². The average Bonchev–Trinajstić information content (AvgIpc) is 2.98. The summed E-state index contributed by atoms with van der Waals surface area (Å²) >= 11 is 1.56. The standard InChI is InChI=1S/C14H21N3O3S/c1-3-15-11(18)7-8-16-14-17-12-9(13(19)20-4-2)5-6-10(12)21-14/h9H,3-8H2,1-2H3,(H,15,18)(H,16,17). The lowest BCUT2D eigenvalue weighted by molar-refractivity contribution is -0.145. The van der Waals surface area contributed by atoms with E-state index in [0.29, 0.717) is 26.1 Å². The predicted octanol–water partition coefficient (Wildman–Crippen LogP) is 1.67. The van der Waals surface area contributed by atoms with Gasteiger partial charge in [0.15, 0.2) is 5.13 Å². The monoisotopic (exact) mass is 311 g/mol. The van der Waals surface area contributed by atoms with Gasteiger partial charge in [-0.1, -0.05) is 0 Å². The quantitative estimate of drug-likeness (QED) is 0.749. The Labute approximate surface area is 128 Å². The zero-order valence-corrected chi connectivity index (χ0v) is 13.2. The average molecular weight is 311 g/mol. The van der Waals surface area contributed by atoms with Crippen molar-refractivity contribution in [3.63, 3.8) is 0 Å². The largest absolute Gasteiger partial charge is 0.465 e. The number of aryl methyl sites for hydroxylation is 1. The predicted molar refractivity (Wildman–Crippen MR) is 81.6 cm³/mol. The molecule has 1 unspecified atom stereocenters. The molecule has 1 amide bonds. The molecule has 0 bridgehead atoms. The minimum Gasteiger partial charge on any atom is -0.465 e. The summed E-state index contributed by atoms with van der Waals surface area (Å²) in [6.45, 7) is 5.29. The Morgan fingerprint density at radius 1 is 1.43 bits per heavy atom. The van der Waals surface area contributed by atoms with Crippen LogP contribution in [0, 0.1) is 0 Å². The van der Waals surface area contributed by atoms with Gasteiger partial charge in [-0.25, -0.2) is 4.98 Å². The lowest BCUT2D eigenvalue weighted by atomic mass is 10.1. The number of carbonyl (C=O) groups is 2. The summed E-state index contributed by atoms with van der Waals surface area (Å²) in [5.41, 5.74) is 0.846. The van der Waals surface area contributed by atoms with Crippen LogP contribution in [-0.2, 0) is 20.7 Å². The molecule has 7 heteroatoms. The normalized spacial score (nSPS) is 16.4. The van der Waals surface area contributed by atoms with Gasteiger partial charge < -0.3 is 15.4 Å². The van der Waals surface area contributed by atoms with Gasteiger partial charge in [0.25, 0.3) is 0 Å². The van der Waals surface area contributed by atoms with Crippen molar-refractivity contribution in [1.82, 2.24) is 10.3 Å². The molecule has 0 radical (unpaired) electrons. The van der Waals surface area contributed by atoms with Crippen LogP contribution in [0.1, 0.15) is 43.2 Å². The molecule has 116 valence electrons. The maximum atomic E-state index is 11.9. The van der Waals surface area contributed by atoms with Gasteiger partial charge in [-0.2, -0.15) is 0 Å². The third-order valence-corrected chi connectivity index (χ3v) is 4.38. The number of esters is 1. The number of rotatable bonds is 7. The maximum Gasteiger partial charge on any atom is 0.315 e. The molecule has 1 aromatic heterocycles. The minimum absolute atomic E-state index is 0.0264. The van der Waals surface area contributed by atoms with E-state index in [9.17, 15) is 9.59 Å². The number of aromatic nitrogens is 1. The fraction of sp³-hybridized carbons (Fsp3) is 0.643. The van der Waals surface area contributed by atoms with Crippen molar-refractivity contribution in [2.75, 3.05) is 25.0 Å². The van der Waals surface area contributed by atoms with E-state index in [1.165, 1.54) is 0 Å². The summed E-state index contributed by atoms with van der Waals surface area (Å²) in [5, 5.41) is 6.68. The first-order valence-corrected chi connectivity index (χ1v) is 8.14. The van der Waals surface area contributed by atoms with Crippen LogP contribution in [0.25, 0.3) is 0 Å². The fourth-order valence-electron chi connectivity index (χ4n) is 2.34. The Bertz CT molecular complexity index is 516. The molecule has 21 heavy (non-hydrogen) atoms. The molecule has 1 atom stereocenters. The van der Waals surface area contributed by atoms with E-state index in [1.807, 2.05) is 13.8 Å². The molecule has 0 saturated carbocycles. The van der Waals surface area contributed by atoms with Gasteiger partial charge in [0.1, 0.15) is 5.92 Å². The Hall–Kier alpha value is -1.63. The zero-order valence-electron chi connectivity index (χ0n) is 12.4. The molecule has 0 aromatic carbocycles. The molecule has 1 aliphatic rings. The first kappa shape index (κ1) is 15.8. The number of anilines is 1. The Morgan fingerprint density at radius 2 is 2.24 bits per heavy atom.